The van der Waals surface area contributed by atoms with E-state index in [2.05, 4.69) is 17.0 Å². The van der Waals surface area contributed by atoms with Gasteiger partial charge in [-0.1, -0.05) is 24.2 Å². The third-order valence-electron chi connectivity index (χ3n) is 2.80. The first kappa shape index (κ1) is 12.8. The van der Waals surface area contributed by atoms with E-state index in [1.807, 2.05) is 19.1 Å². The van der Waals surface area contributed by atoms with Crippen LogP contribution in [0.2, 0.25) is 0 Å². The van der Waals surface area contributed by atoms with Crippen molar-refractivity contribution in [1.82, 2.24) is 10.1 Å². The van der Waals surface area contributed by atoms with Gasteiger partial charge in [0.1, 0.15) is 11.6 Å². The van der Waals surface area contributed by atoms with E-state index in [4.69, 9.17) is 4.52 Å². The first-order valence-electron chi connectivity index (χ1n) is 6.06. The highest BCUT2D eigenvalue weighted by Crippen LogP contribution is 2.11. The molecule has 0 spiro atoms. The number of rotatable bonds is 5. The van der Waals surface area contributed by atoms with Crippen molar-refractivity contribution in [2.24, 2.45) is 0 Å². The van der Waals surface area contributed by atoms with Crippen LogP contribution in [-0.4, -0.2) is 16.6 Å². The normalized spacial score (nSPS) is 11.1. The zero-order valence-electron chi connectivity index (χ0n) is 10.7. The van der Waals surface area contributed by atoms with Crippen LogP contribution in [0, 0.1) is 12.7 Å². The van der Waals surface area contributed by atoms with Crippen LogP contribution in [0.25, 0.3) is 0 Å². The Bertz CT molecular complexity index is 510. The van der Waals surface area contributed by atoms with Crippen molar-refractivity contribution in [3.05, 3.63) is 53.2 Å². The lowest BCUT2D eigenvalue weighted by Crippen LogP contribution is -2.22. The van der Waals surface area contributed by atoms with Gasteiger partial charge in [0.2, 0.25) is 0 Å². The summed E-state index contributed by atoms with van der Waals surface area (Å²) in [5.41, 5.74) is 1.88. The molecule has 0 atom stereocenters. The van der Waals surface area contributed by atoms with Gasteiger partial charge >= 0.3 is 0 Å². The fourth-order valence-corrected chi connectivity index (χ4v) is 1.89. The summed E-state index contributed by atoms with van der Waals surface area (Å²) in [6.07, 6.45) is 0. The first-order valence-corrected chi connectivity index (χ1v) is 6.06. The molecule has 0 aliphatic rings. The summed E-state index contributed by atoms with van der Waals surface area (Å²) in [6, 6.07) is 8.62. The van der Waals surface area contributed by atoms with Crippen molar-refractivity contribution in [1.29, 1.82) is 0 Å². The van der Waals surface area contributed by atoms with Crippen LogP contribution in [0.4, 0.5) is 4.39 Å². The Balaban J connectivity index is 2.01. The maximum absolute atomic E-state index is 13.1. The van der Waals surface area contributed by atoms with Gasteiger partial charge in [-0.15, -0.1) is 0 Å². The van der Waals surface area contributed by atoms with E-state index in [-0.39, 0.29) is 5.82 Å². The van der Waals surface area contributed by atoms with Gasteiger partial charge in [0, 0.05) is 19.2 Å². The van der Waals surface area contributed by atoms with Gasteiger partial charge in [-0.3, -0.25) is 4.90 Å². The van der Waals surface area contributed by atoms with Gasteiger partial charge in [-0.05, 0) is 31.2 Å². The molecule has 3 nitrogen and oxygen atoms in total. The molecule has 0 saturated carbocycles. The minimum absolute atomic E-state index is 0.194. The maximum atomic E-state index is 13.1. The van der Waals surface area contributed by atoms with Crippen molar-refractivity contribution >= 4 is 0 Å². The van der Waals surface area contributed by atoms with E-state index in [0.29, 0.717) is 13.1 Å². The molecule has 0 N–H and O–H groups in total. The molecule has 0 radical (unpaired) electrons. The average molecular weight is 248 g/mol. The highest BCUT2D eigenvalue weighted by molar-refractivity contribution is 5.16. The van der Waals surface area contributed by atoms with E-state index in [9.17, 15) is 4.39 Å². The molecule has 2 rings (SSSR count). The smallest absolute Gasteiger partial charge is 0.133 e. The molecule has 1 aromatic heterocycles. The summed E-state index contributed by atoms with van der Waals surface area (Å²) in [5, 5.41) is 3.97. The van der Waals surface area contributed by atoms with Gasteiger partial charge in [-0.25, -0.2) is 4.39 Å². The second-order valence-electron chi connectivity index (χ2n) is 4.36. The summed E-state index contributed by atoms with van der Waals surface area (Å²) in [6.45, 7) is 6.25. The van der Waals surface area contributed by atoms with Gasteiger partial charge in [-0.2, -0.15) is 0 Å². The Kier molecular flexibility index (Phi) is 4.10. The van der Waals surface area contributed by atoms with Crippen LogP contribution >= 0.6 is 0 Å². The lowest BCUT2D eigenvalue weighted by Gasteiger charge is -2.18. The zero-order valence-corrected chi connectivity index (χ0v) is 10.7. The minimum atomic E-state index is -0.194. The van der Waals surface area contributed by atoms with E-state index >= 15 is 0 Å². The largest absolute Gasteiger partial charge is 0.361 e. The van der Waals surface area contributed by atoms with Crippen molar-refractivity contribution in [2.45, 2.75) is 26.9 Å². The zero-order chi connectivity index (χ0) is 13.0. The standard InChI is InChI=1S/C14H17FN2O/c1-3-17(10-14-7-11(2)18-16-14)9-12-5-4-6-13(15)8-12/h4-8H,3,9-10H2,1-2H3. The fraction of sp³-hybridized carbons (Fsp3) is 0.357. The number of aryl methyl sites for hydroxylation is 1. The summed E-state index contributed by atoms with van der Waals surface area (Å²) < 4.78 is 18.1. The van der Waals surface area contributed by atoms with Crippen LogP contribution in [0.3, 0.4) is 0 Å². The Labute approximate surface area is 106 Å². The summed E-state index contributed by atoms with van der Waals surface area (Å²) in [5.74, 6) is 0.618. The van der Waals surface area contributed by atoms with Gasteiger partial charge in [0.25, 0.3) is 0 Å². The molecule has 96 valence electrons. The number of hydrogen-bond donors (Lipinski definition) is 0. The molecule has 18 heavy (non-hydrogen) atoms. The first-order chi connectivity index (χ1) is 8.67. The third-order valence-corrected chi connectivity index (χ3v) is 2.80. The Morgan fingerprint density at radius 1 is 1.28 bits per heavy atom. The van der Waals surface area contributed by atoms with Crippen molar-refractivity contribution in [3.63, 3.8) is 0 Å². The number of halogens is 1. The van der Waals surface area contributed by atoms with Crippen LogP contribution in [-0.2, 0) is 13.1 Å². The Hall–Kier alpha value is -1.68. The average Bonchev–Trinajstić information content (AvgIpc) is 2.74. The molecule has 0 saturated heterocycles. The Morgan fingerprint density at radius 3 is 2.72 bits per heavy atom. The number of nitrogens with zero attached hydrogens (tertiary/aromatic N) is 2. The molecule has 1 aromatic carbocycles. The fourth-order valence-electron chi connectivity index (χ4n) is 1.89. The number of benzene rings is 1. The highest BCUT2D eigenvalue weighted by atomic mass is 19.1. The highest BCUT2D eigenvalue weighted by Gasteiger charge is 2.08. The molecule has 0 amide bonds. The molecule has 0 aliphatic heterocycles. The summed E-state index contributed by atoms with van der Waals surface area (Å²) in [4.78, 5) is 2.19. The second kappa shape index (κ2) is 5.78. The molecular formula is C14H17FN2O. The number of hydrogen-bond acceptors (Lipinski definition) is 3. The lowest BCUT2D eigenvalue weighted by molar-refractivity contribution is 0.260. The van der Waals surface area contributed by atoms with E-state index < -0.39 is 0 Å². The predicted molar refractivity (Wildman–Crippen MR) is 67.4 cm³/mol. The molecule has 0 bridgehead atoms. The van der Waals surface area contributed by atoms with E-state index in [1.165, 1.54) is 6.07 Å². The molecule has 2 aromatic rings. The van der Waals surface area contributed by atoms with E-state index in [0.717, 1.165) is 23.6 Å². The van der Waals surface area contributed by atoms with Gasteiger partial charge < -0.3 is 4.52 Å². The maximum Gasteiger partial charge on any atom is 0.133 e. The quantitative estimate of drug-likeness (QED) is 0.814. The monoisotopic (exact) mass is 248 g/mol. The number of aromatic nitrogens is 1. The van der Waals surface area contributed by atoms with Crippen molar-refractivity contribution < 1.29 is 8.91 Å². The SMILES string of the molecule is CCN(Cc1cccc(F)c1)Cc1cc(C)on1. The second-order valence-corrected chi connectivity index (χ2v) is 4.36. The molecule has 0 aliphatic carbocycles. The molecule has 0 fully saturated rings. The van der Waals surface area contributed by atoms with Crippen LogP contribution < -0.4 is 0 Å². The van der Waals surface area contributed by atoms with Crippen LogP contribution in [0.5, 0.6) is 0 Å². The minimum Gasteiger partial charge on any atom is -0.361 e. The van der Waals surface area contributed by atoms with Gasteiger partial charge in [0.05, 0.1) is 5.69 Å². The molecule has 4 heteroatoms. The van der Waals surface area contributed by atoms with E-state index in [1.54, 1.807) is 12.1 Å². The molecule has 1 heterocycles. The van der Waals surface area contributed by atoms with Crippen LogP contribution in [0.1, 0.15) is 23.9 Å². The molecule has 0 unspecified atom stereocenters. The lowest BCUT2D eigenvalue weighted by atomic mass is 10.2. The van der Waals surface area contributed by atoms with Gasteiger partial charge in [0.15, 0.2) is 0 Å². The summed E-state index contributed by atoms with van der Waals surface area (Å²) >= 11 is 0. The summed E-state index contributed by atoms with van der Waals surface area (Å²) in [7, 11) is 0. The third kappa shape index (κ3) is 3.40. The van der Waals surface area contributed by atoms with Crippen molar-refractivity contribution in [3.8, 4) is 0 Å². The predicted octanol–water partition coefficient (Wildman–Crippen LogP) is 3.14. The van der Waals surface area contributed by atoms with Crippen molar-refractivity contribution in [2.75, 3.05) is 6.54 Å². The molecular weight excluding hydrogens is 231 g/mol. The topological polar surface area (TPSA) is 29.3 Å². The van der Waals surface area contributed by atoms with Crippen LogP contribution in [0.15, 0.2) is 34.9 Å². The Morgan fingerprint density at radius 2 is 2.11 bits per heavy atom.